The summed E-state index contributed by atoms with van der Waals surface area (Å²) in [5, 5.41) is 0. The molecule has 0 amide bonds. The van der Waals surface area contributed by atoms with Crippen LogP contribution in [0.5, 0.6) is 0 Å². The zero-order valence-corrected chi connectivity index (χ0v) is 14.1. The zero-order chi connectivity index (χ0) is 18.4. The van der Waals surface area contributed by atoms with Gasteiger partial charge in [-0.05, 0) is 12.0 Å². The maximum atomic E-state index is 12.4. The Balaban J connectivity index is 1.56. The molecule has 2 aromatic rings. The van der Waals surface area contributed by atoms with Gasteiger partial charge in [0.05, 0.1) is 0 Å². The van der Waals surface area contributed by atoms with Crippen molar-refractivity contribution >= 4 is 17.5 Å². The van der Waals surface area contributed by atoms with Gasteiger partial charge in [0.2, 0.25) is 0 Å². The second-order valence-electron chi connectivity index (χ2n) is 5.98. The topological polar surface area (TPSA) is 60.4 Å². The Morgan fingerprint density at radius 1 is 0.923 bits per heavy atom. The van der Waals surface area contributed by atoms with E-state index in [1.807, 2.05) is 48.5 Å². The monoisotopic (exact) mass is 346 g/mol. The number of ketones is 2. The molecule has 2 aromatic carbocycles. The quantitative estimate of drug-likeness (QED) is 0.455. The van der Waals surface area contributed by atoms with Crippen molar-refractivity contribution in [2.45, 2.75) is 13.0 Å². The number of ether oxygens (including phenoxy) is 1. The van der Waals surface area contributed by atoms with Crippen LogP contribution >= 0.6 is 0 Å². The van der Waals surface area contributed by atoms with Gasteiger partial charge in [0.15, 0.2) is 5.78 Å². The molecule has 0 fully saturated rings. The Hall–Kier alpha value is -3.27. The molecule has 3 rings (SSSR count). The zero-order valence-electron chi connectivity index (χ0n) is 14.1. The minimum absolute atomic E-state index is 0.00347. The SMILES string of the molecule is O=C(OCc1ccccc1)C(=O)C1=CCC(C(=O)c2ccccc2)C=C1. The van der Waals surface area contributed by atoms with Crippen molar-refractivity contribution in [1.29, 1.82) is 0 Å². The summed E-state index contributed by atoms with van der Waals surface area (Å²) in [6, 6.07) is 18.2. The van der Waals surface area contributed by atoms with Crippen LogP contribution in [0.2, 0.25) is 0 Å². The van der Waals surface area contributed by atoms with E-state index in [0.29, 0.717) is 12.0 Å². The number of carbonyl (C=O) groups excluding carboxylic acids is 3. The third kappa shape index (κ3) is 4.22. The number of esters is 1. The fourth-order valence-electron chi connectivity index (χ4n) is 2.71. The van der Waals surface area contributed by atoms with Gasteiger partial charge in [-0.2, -0.15) is 0 Å². The van der Waals surface area contributed by atoms with Crippen LogP contribution in [0.25, 0.3) is 0 Å². The number of carbonyl (C=O) groups is 3. The van der Waals surface area contributed by atoms with Crippen LogP contribution in [0.1, 0.15) is 22.3 Å². The highest BCUT2D eigenvalue weighted by atomic mass is 16.5. The third-order valence-electron chi connectivity index (χ3n) is 4.16. The average Bonchev–Trinajstić information content (AvgIpc) is 2.72. The second kappa shape index (κ2) is 8.21. The molecule has 1 aliphatic rings. The number of benzene rings is 2. The molecule has 26 heavy (non-hydrogen) atoms. The Morgan fingerprint density at radius 2 is 1.58 bits per heavy atom. The normalized spacial score (nSPS) is 15.8. The highest BCUT2D eigenvalue weighted by Crippen LogP contribution is 2.21. The molecule has 0 heterocycles. The van der Waals surface area contributed by atoms with Crippen molar-refractivity contribution in [3.63, 3.8) is 0 Å². The van der Waals surface area contributed by atoms with Gasteiger partial charge in [0, 0.05) is 17.1 Å². The van der Waals surface area contributed by atoms with Crippen LogP contribution in [0.15, 0.2) is 84.5 Å². The van der Waals surface area contributed by atoms with Gasteiger partial charge < -0.3 is 4.74 Å². The molecule has 0 bridgehead atoms. The summed E-state index contributed by atoms with van der Waals surface area (Å²) in [5.41, 5.74) is 1.71. The van der Waals surface area contributed by atoms with Gasteiger partial charge in [-0.3, -0.25) is 9.59 Å². The lowest BCUT2D eigenvalue weighted by molar-refractivity contribution is -0.153. The van der Waals surface area contributed by atoms with Crippen LogP contribution in [0.4, 0.5) is 0 Å². The van der Waals surface area contributed by atoms with Crippen LogP contribution in [-0.2, 0) is 20.9 Å². The lowest BCUT2D eigenvalue weighted by atomic mass is 9.89. The second-order valence-corrected chi connectivity index (χ2v) is 5.98. The lowest BCUT2D eigenvalue weighted by Crippen LogP contribution is -2.21. The molecule has 4 nitrogen and oxygen atoms in total. The third-order valence-corrected chi connectivity index (χ3v) is 4.16. The van der Waals surface area contributed by atoms with E-state index < -0.39 is 11.8 Å². The fourth-order valence-corrected chi connectivity index (χ4v) is 2.71. The Morgan fingerprint density at radius 3 is 2.19 bits per heavy atom. The fraction of sp³-hybridized carbons (Fsp3) is 0.136. The van der Waals surface area contributed by atoms with E-state index in [-0.39, 0.29) is 23.9 Å². The Bertz CT molecular complexity index is 864. The van der Waals surface area contributed by atoms with Crippen molar-refractivity contribution < 1.29 is 19.1 Å². The van der Waals surface area contributed by atoms with E-state index in [1.54, 1.807) is 24.3 Å². The van der Waals surface area contributed by atoms with Gasteiger partial charge in [-0.15, -0.1) is 0 Å². The van der Waals surface area contributed by atoms with E-state index in [9.17, 15) is 14.4 Å². The number of allylic oxidation sites excluding steroid dienone is 3. The van der Waals surface area contributed by atoms with Crippen molar-refractivity contribution in [3.8, 4) is 0 Å². The highest BCUT2D eigenvalue weighted by molar-refractivity contribution is 6.41. The van der Waals surface area contributed by atoms with Crippen LogP contribution in [0.3, 0.4) is 0 Å². The van der Waals surface area contributed by atoms with E-state index in [2.05, 4.69) is 0 Å². The molecule has 130 valence electrons. The van der Waals surface area contributed by atoms with Gasteiger partial charge in [0.25, 0.3) is 5.78 Å². The molecule has 0 saturated carbocycles. The molecule has 4 heteroatoms. The summed E-state index contributed by atoms with van der Waals surface area (Å²) in [6.07, 6.45) is 5.21. The molecule has 1 aliphatic carbocycles. The van der Waals surface area contributed by atoms with Crippen molar-refractivity contribution in [2.24, 2.45) is 5.92 Å². The molecule has 1 atom stereocenters. The largest absolute Gasteiger partial charge is 0.455 e. The molecular weight excluding hydrogens is 328 g/mol. The summed E-state index contributed by atoms with van der Waals surface area (Å²) in [6.45, 7) is 0.0531. The first-order valence-electron chi connectivity index (χ1n) is 8.38. The van der Waals surface area contributed by atoms with Crippen molar-refractivity contribution in [1.82, 2.24) is 0 Å². The first-order valence-corrected chi connectivity index (χ1v) is 8.38. The van der Waals surface area contributed by atoms with E-state index in [1.165, 1.54) is 6.08 Å². The molecule has 0 radical (unpaired) electrons. The summed E-state index contributed by atoms with van der Waals surface area (Å²) in [7, 11) is 0. The summed E-state index contributed by atoms with van der Waals surface area (Å²) >= 11 is 0. The number of rotatable bonds is 6. The first-order chi connectivity index (χ1) is 12.6. The average molecular weight is 346 g/mol. The Kier molecular flexibility index (Phi) is 5.54. The minimum Gasteiger partial charge on any atom is -0.455 e. The maximum absolute atomic E-state index is 12.4. The van der Waals surface area contributed by atoms with E-state index in [4.69, 9.17) is 4.74 Å². The smallest absolute Gasteiger partial charge is 0.379 e. The van der Waals surface area contributed by atoms with Gasteiger partial charge in [-0.1, -0.05) is 78.9 Å². The van der Waals surface area contributed by atoms with Crippen molar-refractivity contribution in [2.75, 3.05) is 0 Å². The first kappa shape index (κ1) is 17.5. The lowest BCUT2D eigenvalue weighted by Gasteiger charge is -2.14. The number of Topliss-reactive ketones (excluding diaryl/α,β-unsaturated/α-hetero) is 2. The Labute approximate surface area is 151 Å². The molecule has 1 unspecified atom stereocenters. The molecule has 0 spiro atoms. The molecule has 0 saturated heterocycles. The van der Waals surface area contributed by atoms with Crippen LogP contribution in [0, 0.1) is 5.92 Å². The predicted octanol–water partition coefficient (Wildman–Crippen LogP) is 3.68. The standard InChI is InChI=1S/C22H18O4/c23-20(17-9-5-2-6-10-17)18-11-13-19(14-12-18)21(24)22(25)26-15-16-7-3-1-4-8-16/h1-11,13-14,18H,12,15H2. The van der Waals surface area contributed by atoms with Crippen LogP contribution < -0.4 is 0 Å². The predicted molar refractivity (Wildman–Crippen MR) is 97.3 cm³/mol. The highest BCUT2D eigenvalue weighted by Gasteiger charge is 2.24. The molecular formula is C22H18O4. The molecule has 0 aromatic heterocycles. The number of hydrogen-bond donors (Lipinski definition) is 0. The maximum Gasteiger partial charge on any atom is 0.379 e. The minimum atomic E-state index is -0.891. The van der Waals surface area contributed by atoms with Gasteiger partial charge in [-0.25, -0.2) is 4.79 Å². The van der Waals surface area contributed by atoms with Gasteiger partial charge >= 0.3 is 5.97 Å². The van der Waals surface area contributed by atoms with E-state index in [0.717, 1.165) is 5.56 Å². The number of hydrogen-bond acceptors (Lipinski definition) is 4. The van der Waals surface area contributed by atoms with Crippen molar-refractivity contribution in [3.05, 3.63) is 95.6 Å². The molecule has 0 aliphatic heterocycles. The van der Waals surface area contributed by atoms with Gasteiger partial charge in [0.1, 0.15) is 6.61 Å². The summed E-state index contributed by atoms with van der Waals surface area (Å²) in [4.78, 5) is 36.5. The summed E-state index contributed by atoms with van der Waals surface area (Å²) < 4.78 is 5.06. The molecule has 0 N–H and O–H groups in total. The van der Waals surface area contributed by atoms with E-state index >= 15 is 0 Å². The van der Waals surface area contributed by atoms with Crippen LogP contribution in [-0.4, -0.2) is 17.5 Å². The summed E-state index contributed by atoms with van der Waals surface area (Å²) in [5.74, 6) is -1.91.